The molecule has 0 aliphatic heterocycles. The van der Waals surface area contributed by atoms with Gasteiger partial charge in [0.05, 0.1) is 5.69 Å². The highest BCUT2D eigenvalue weighted by Crippen LogP contribution is 2.56. The van der Waals surface area contributed by atoms with Gasteiger partial charge in [-0.1, -0.05) is 159 Å². The minimum Gasteiger partial charge on any atom is -0.310 e. The summed E-state index contributed by atoms with van der Waals surface area (Å²) in [5.74, 6) is 0. The van der Waals surface area contributed by atoms with Crippen LogP contribution in [0, 0.1) is 0 Å². The molecule has 0 saturated heterocycles. The number of fused-ring (bicyclic) bond motifs is 7. The summed E-state index contributed by atoms with van der Waals surface area (Å²) in [4.78, 5) is 7.19. The minimum atomic E-state index is -0.191. The van der Waals surface area contributed by atoms with E-state index in [9.17, 15) is 0 Å². The number of anilines is 9. The first-order valence-electron chi connectivity index (χ1n) is 24.4. The van der Waals surface area contributed by atoms with Crippen molar-refractivity contribution in [3.8, 4) is 22.3 Å². The second-order valence-electron chi connectivity index (χ2n) is 19.0. The van der Waals surface area contributed by atoms with Crippen LogP contribution in [0.15, 0.2) is 261 Å². The summed E-state index contributed by atoms with van der Waals surface area (Å²) in [5.41, 5.74) is 17.5. The monoisotopic (exact) mass is 927 g/mol. The van der Waals surface area contributed by atoms with E-state index in [2.05, 4.69) is 289 Å². The van der Waals surface area contributed by atoms with Crippen molar-refractivity contribution in [3.05, 3.63) is 272 Å². The molecule has 3 nitrogen and oxygen atoms in total. The molecule has 1 aromatic heterocycles. The average Bonchev–Trinajstić information content (AvgIpc) is 3.90. The van der Waals surface area contributed by atoms with Crippen molar-refractivity contribution < 1.29 is 0 Å². The lowest BCUT2D eigenvalue weighted by atomic mass is 9.81. The Kier molecular flexibility index (Phi) is 10.4. The van der Waals surface area contributed by atoms with Crippen LogP contribution >= 0.6 is 11.3 Å². The van der Waals surface area contributed by atoms with Crippen molar-refractivity contribution in [2.45, 2.75) is 19.3 Å². The third kappa shape index (κ3) is 7.43. The van der Waals surface area contributed by atoms with Gasteiger partial charge in [-0.05, 0) is 154 Å². The first-order valence-corrected chi connectivity index (χ1v) is 25.2. The molecule has 0 radical (unpaired) electrons. The normalized spacial score (nSPS) is 12.5. The largest absolute Gasteiger partial charge is 0.310 e. The van der Waals surface area contributed by atoms with Crippen LogP contribution in [0.2, 0.25) is 0 Å². The van der Waals surface area contributed by atoms with Gasteiger partial charge in [-0.15, -0.1) is 11.3 Å². The Balaban J connectivity index is 0.957. The predicted octanol–water partition coefficient (Wildman–Crippen LogP) is 19.6. The molecule has 0 fully saturated rings. The van der Waals surface area contributed by atoms with E-state index < -0.39 is 0 Å². The van der Waals surface area contributed by atoms with E-state index >= 15 is 0 Å². The molecule has 0 atom stereocenters. The number of benzene rings is 11. The second-order valence-corrected chi connectivity index (χ2v) is 20.1. The van der Waals surface area contributed by atoms with Crippen molar-refractivity contribution in [2.75, 3.05) is 14.7 Å². The molecule has 0 spiro atoms. The molecule has 71 heavy (non-hydrogen) atoms. The number of nitrogens with zero attached hydrogens (tertiary/aromatic N) is 3. The Morgan fingerprint density at radius 3 is 1.49 bits per heavy atom. The molecule has 11 aromatic carbocycles. The van der Waals surface area contributed by atoms with Crippen LogP contribution < -0.4 is 14.7 Å². The first kappa shape index (κ1) is 42.4. The van der Waals surface area contributed by atoms with Crippen LogP contribution in [-0.4, -0.2) is 0 Å². The van der Waals surface area contributed by atoms with Crippen molar-refractivity contribution >= 4 is 93.5 Å². The smallest absolute Gasteiger partial charge is 0.0549 e. The van der Waals surface area contributed by atoms with Gasteiger partial charge >= 0.3 is 0 Å². The summed E-state index contributed by atoms with van der Waals surface area (Å²) in [5, 5.41) is 4.94. The van der Waals surface area contributed by atoms with Gasteiger partial charge in [-0.2, -0.15) is 0 Å². The molecule has 0 bridgehead atoms. The van der Waals surface area contributed by atoms with E-state index in [1.54, 1.807) is 0 Å². The first-order chi connectivity index (χ1) is 35.0. The molecule has 4 heteroatoms. The number of hydrogen-bond acceptors (Lipinski definition) is 4. The summed E-state index contributed by atoms with van der Waals surface area (Å²) in [6.45, 7) is 4.77. The fourth-order valence-corrected chi connectivity index (χ4v) is 12.1. The van der Waals surface area contributed by atoms with Crippen LogP contribution in [0.1, 0.15) is 25.0 Å². The van der Waals surface area contributed by atoms with Crippen LogP contribution in [0.25, 0.3) is 53.2 Å². The maximum absolute atomic E-state index is 2.47. The fraction of sp³-hybridized carbons (Fsp3) is 0.0448. The third-order valence-electron chi connectivity index (χ3n) is 14.3. The lowest BCUT2D eigenvalue weighted by Crippen LogP contribution is -2.16. The van der Waals surface area contributed by atoms with Gasteiger partial charge in [0.1, 0.15) is 0 Å². The van der Waals surface area contributed by atoms with Crippen molar-refractivity contribution in [2.24, 2.45) is 0 Å². The Morgan fingerprint density at radius 2 is 0.831 bits per heavy atom. The zero-order valence-electron chi connectivity index (χ0n) is 39.6. The molecule has 12 aromatic rings. The number of thiophene rings is 1. The maximum Gasteiger partial charge on any atom is 0.0549 e. The van der Waals surface area contributed by atoms with Gasteiger partial charge in [0.15, 0.2) is 0 Å². The summed E-state index contributed by atoms with van der Waals surface area (Å²) in [7, 11) is 0. The van der Waals surface area contributed by atoms with E-state index in [1.807, 2.05) is 11.3 Å². The van der Waals surface area contributed by atoms with E-state index in [1.165, 1.54) is 70.0 Å². The topological polar surface area (TPSA) is 9.72 Å². The lowest BCUT2D eigenvalue weighted by Gasteiger charge is -2.30. The van der Waals surface area contributed by atoms with Gasteiger partial charge in [0.25, 0.3) is 0 Å². The Morgan fingerprint density at radius 1 is 0.310 bits per heavy atom. The van der Waals surface area contributed by atoms with Crippen LogP contribution in [0.5, 0.6) is 0 Å². The molecular weight excluding hydrogens is 879 g/mol. The standard InChI is InChI=1S/C67H49N3S/c1-67(2)61-33-18-17-32-59(61)66-62(67)42-49(43-63(66)70(52-26-11-5-12-27-52)53-28-13-6-14-29-53)48-35-39-64-60(41-48)58-38-37-57(45-65(58)71-64)69(56-36-34-46-20-15-16-21-47(46)40-56)55-31-19-30-54(44-55)68(50-22-7-3-8-23-50)51-24-9-4-10-25-51/h3-45H,1-2H3. The highest BCUT2D eigenvalue weighted by molar-refractivity contribution is 7.25. The molecule has 1 aliphatic rings. The molecule has 1 aliphatic carbocycles. The van der Waals surface area contributed by atoms with Gasteiger partial charge in [0.2, 0.25) is 0 Å². The zero-order valence-corrected chi connectivity index (χ0v) is 40.4. The Bertz CT molecular complexity index is 3840. The van der Waals surface area contributed by atoms with Gasteiger partial charge in [-0.3, -0.25) is 0 Å². The minimum absolute atomic E-state index is 0.191. The zero-order chi connectivity index (χ0) is 47.5. The number of rotatable bonds is 10. The highest BCUT2D eigenvalue weighted by Gasteiger charge is 2.38. The van der Waals surface area contributed by atoms with Crippen molar-refractivity contribution in [1.29, 1.82) is 0 Å². The third-order valence-corrected chi connectivity index (χ3v) is 15.5. The maximum atomic E-state index is 2.47. The molecule has 13 rings (SSSR count). The predicted molar refractivity (Wildman–Crippen MR) is 304 cm³/mol. The van der Waals surface area contributed by atoms with Crippen molar-refractivity contribution in [1.82, 2.24) is 0 Å². The van der Waals surface area contributed by atoms with E-state index in [4.69, 9.17) is 0 Å². The average molecular weight is 928 g/mol. The summed E-state index contributed by atoms with van der Waals surface area (Å²) < 4.78 is 2.52. The fourth-order valence-electron chi connectivity index (χ4n) is 10.9. The van der Waals surface area contributed by atoms with Crippen LogP contribution in [0.4, 0.5) is 51.2 Å². The molecule has 0 N–H and O–H groups in total. The summed E-state index contributed by atoms with van der Waals surface area (Å²) in [6.07, 6.45) is 0. The lowest BCUT2D eigenvalue weighted by molar-refractivity contribution is 0.660. The quantitative estimate of drug-likeness (QED) is 0.135. The van der Waals surface area contributed by atoms with Crippen LogP contribution in [-0.2, 0) is 5.41 Å². The number of para-hydroxylation sites is 4. The van der Waals surface area contributed by atoms with Gasteiger partial charge in [0, 0.05) is 76.6 Å². The summed E-state index contributed by atoms with van der Waals surface area (Å²) in [6, 6.07) is 95.3. The highest BCUT2D eigenvalue weighted by atomic mass is 32.1. The van der Waals surface area contributed by atoms with E-state index in [-0.39, 0.29) is 5.41 Å². The molecule has 338 valence electrons. The second kappa shape index (κ2) is 17.4. The van der Waals surface area contributed by atoms with Gasteiger partial charge < -0.3 is 14.7 Å². The Labute approximate surface area is 419 Å². The van der Waals surface area contributed by atoms with E-state index in [0.29, 0.717) is 0 Å². The number of hydrogen-bond donors (Lipinski definition) is 0. The molecule has 1 heterocycles. The molecule has 0 unspecified atom stereocenters. The SMILES string of the molecule is CC1(C)c2ccccc2-c2c(N(c3ccccc3)c3ccccc3)cc(-c3ccc4sc5cc(N(c6cccc(N(c7ccccc7)c7ccccc7)c6)c6ccc7ccccc7c6)ccc5c4c3)cc21. The molecular formula is C67H49N3S. The van der Waals surface area contributed by atoms with Crippen LogP contribution in [0.3, 0.4) is 0 Å². The Hall–Kier alpha value is -8.70. The molecule has 0 saturated carbocycles. The van der Waals surface area contributed by atoms with Gasteiger partial charge in [-0.25, -0.2) is 0 Å². The molecule has 0 amide bonds. The van der Waals surface area contributed by atoms with E-state index in [0.717, 1.165) is 45.5 Å². The van der Waals surface area contributed by atoms with Crippen molar-refractivity contribution in [3.63, 3.8) is 0 Å². The summed E-state index contributed by atoms with van der Waals surface area (Å²) >= 11 is 1.86.